The van der Waals surface area contributed by atoms with Crippen molar-refractivity contribution in [1.82, 2.24) is 13.7 Å². The predicted octanol–water partition coefficient (Wildman–Crippen LogP) is 14.2. The smallest absolute Gasteiger partial charge is 0.870 e. The summed E-state index contributed by atoms with van der Waals surface area (Å²) in [6, 6.07) is 45.4. The maximum absolute atomic E-state index is 15.3. The number of hydrogen-bond acceptors (Lipinski definition) is 14. The topological polar surface area (TPSA) is 281 Å². The molecular formula is C85H90BBrClF6LiN6O12. The number of benzene rings is 9. The molecule has 0 fully saturated rings. The maximum Gasteiger partial charge on any atom is 1.00 e. The van der Waals surface area contributed by atoms with Gasteiger partial charge in [0, 0.05) is 144 Å². The Hall–Kier alpha value is -9.82. The fourth-order valence-corrected chi connectivity index (χ4v) is 13.3. The molecule has 3 aromatic heterocycles. The Morgan fingerprint density at radius 2 is 0.779 bits per heavy atom. The van der Waals surface area contributed by atoms with Gasteiger partial charge < -0.3 is 75.2 Å². The summed E-state index contributed by atoms with van der Waals surface area (Å²) in [7, 11) is -1.78. The first-order valence-electron chi connectivity index (χ1n) is 35.8. The van der Waals surface area contributed by atoms with E-state index in [9.17, 15) is 31.9 Å². The van der Waals surface area contributed by atoms with E-state index in [1.807, 2.05) is 54.9 Å². The molecule has 28 heteroatoms. The zero-order valence-electron chi connectivity index (χ0n) is 64.1. The van der Waals surface area contributed by atoms with Crippen LogP contribution in [0.2, 0.25) is 0 Å². The van der Waals surface area contributed by atoms with Crippen molar-refractivity contribution in [2.24, 2.45) is 17.2 Å². The minimum atomic E-state index is -1.78. The standard InChI is InChI=1S/C29H30F2N2O3.C27H26F2N2O3.C22H23BrFNO3.C7H9BFNO2.ClH.Li.H2O/c1-4-35-28(34)15-21-14-22(30)8-9-27(21)36-17-19-12-25(24-7-5-6-20(16-32)29(24)31)23-10-11-33(18(2)3)26(23)13-19;1-16(2)31-9-8-21-23(22-5-3-4-18(14-30)27(22)29)10-17(11-24(21)31)15-34-25-7-6-20(28)12-19(25)13-26(32)33;1-4-27-22(26)12-16-11-17(24)5-6-21(16)28-13-15-9-19(23)18-7-8-25(14(2)3)20(18)10-15;9-7-5(4-10)2-1-3-6(7)8(11)12;;;/h5-14,18H,4,15-17,32H2,1-3H3;3-12,16H,13-15,30H2,1-2H3,(H,32,33);5-11,14H,4,12-13H2,1-3H3;1-3,11-12H,4,10H2;1H;;1H2/q;;;;;+1;/p-1. The van der Waals surface area contributed by atoms with Gasteiger partial charge in [0.1, 0.15) is 72.0 Å². The number of carbonyl (C=O) groups excluding carboxylic acids is 2. The van der Waals surface area contributed by atoms with Crippen LogP contribution in [0, 0.1) is 34.9 Å². The average molecular weight is 1630 g/mol. The molecule has 12 aromatic rings. The van der Waals surface area contributed by atoms with Crippen molar-refractivity contribution in [3.05, 3.63) is 272 Å². The predicted molar refractivity (Wildman–Crippen MR) is 429 cm³/mol. The summed E-state index contributed by atoms with van der Waals surface area (Å²) in [5, 5.41) is 29.5. The van der Waals surface area contributed by atoms with Gasteiger partial charge in [-0.15, -0.1) is 12.4 Å². The molecule has 12 rings (SSSR count). The number of aromatic nitrogens is 3. The second-order valence-electron chi connectivity index (χ2n) is 26.6. The number of nitrogens with zero attached hydrogens (tertiary/aromatic N) is 3. The van der Waals surface area contributed by atoms with Crippen molar-refractivity contribution < 1.29 is 104 Å². The van der Waals surface area contributed by atoms with Crippen LogP contribution in [0.15, 0.2) is 187 Å². The Morgan fingerprint density at radius 3 is 1.12 bits per heavy atom. The van der Waals surface area contributed by atoms with Crippen molar-refractivity contribution >= 4 is 91.5 Å². The van der Waals surface area contributed by atoms with E-state index in [1.165, 1.54) is 60.7 Å². The van der Waals surface area contributed by atoms with E-state index in [4.69, 9.17) is 56.0 Å². The third kappa shape index (κ3) is 23.4. The molecule has 18 nitrogen and oxygen atoms in total. The molecule has 0 radical (unpaired) electrons. The second kappa shape index (κ2) is 42.9. The van der Waals surface area contributed by atoms with Crippen LogP contribution < -0.4 is 55.7 Å². The van der Waals surface area contributed by atoms with E-state index in [0.717, 1.165) is 65.5 Å². The molecule has 3 heterocycles. The van der Waals surface area contributed by atoms with Gasteiger partial charge in [0.25, 0.3) is 0 Å². The summed E-state index contributed by atoms with van der Waals surface area (Å²) in [5.74, 6) is -3.53. The van der Waals surface area contributed by atoms with E-state index in [-0.39, 0.29) is 142 Å². The van der Waals surface area contributed by atoms with E-state index in [0.29, 0.717) is 68.8 Å². The van der Waals surface area contributed by atoms with Crippen molar-refractivity contribution in [2.75, 3.05) is 13.2 Å². The number of esters is 2. The van der Waals surface area contributed by atoms with Gasteiger partial charge in [0.15, 0.2) is 0 Å². The van der Waals surface area contributed by atoms with E-state index in [1.54, 1.807) is 56.3 Å². The molecule has 0 atom stereocenters. The Bertz CT molecular complexity index is 5260. The molecule has 10 N–H and O–H groups in total. The van der Waals surface area contributed by atoms with Crippen LogP contribution in [0.5, 0.6) is 17.2 Å². The van der Waals surface area contributed by atoms with Crippen LogP contribution in [0.3, 0.4) is 0 Å². The van der Waals surface area contributed by atoms with Crippen molar-refractivity contribution in [1.29, 1.82) is 0 Å². The summed E-state index contributed by atoms with van der Waals surface area (Å²) in [6.07, 6.45) is 5.55. The normalized spacial score (nSPS) is 10.9. The molecule has 0 unspecified atom stereocenters. The molecular weight excluding hydrogens is 1540 g/mol. The first kappa shape index (κ1) is 92.1. The van der Waals surface area contributed by atoms with Gasteiger partial charge in [-0.05, 0) is 192 Å². The fourth-order valence-electron chi connectivity index (χ4n) is 12.7. The van der Waals surface area contributed by atoms with Gasteiger partial charge >= 0.3 is 43.9 Å². The van der Waals surface area contributed by atoms with Crippen LogP contribution >= 0.6 is 28.3 Å². The SMILES string of the molecule is CC(C)n1ccc2c(-c3cccc(CN)c3F)cc(COc3ccc(F)cc3CC(=O)O)cc21.CCOC(=O)Cc1cc(F)ccc1OCc1cc(-c2cccc(CN)c2F)c2ccn(C(C)C)c2c1.CCOC(=O)Cc1cc(F)ccc1OCc1cc(Br)c2ccn(C(C)C)c2c1.Cl.NCc1cccc(B(O)O)c1F.[Li+].[OH-]. The molecule has 0 aliphatic heterocycles. The number of halogens is 8. The number of aliphatic carboxylic acids is 1. The zero-order valence-corrected chi connectivity index (χ0v) is 66.5. The minimum Gasteiger partial charge on any atom is -0.870 e. The van der Waals surface area contributed by atoms with Crippen LogP contribution in [-0.4, -0.2) is 72.6 Å². The fraction of sp³-hybridized carbons (Fsp3) is 0.259. The number of hydrogen-bond donors (Lipinski definition) is 6. The van der Waals surface area contributed by atoms with Crippen molar-refractivity contribution in [2.45, 2.75) is 132 Å². The number of fused-ring (bicyclic) bond motifs is 3. The van der Waals surface area contributed by atoms with Crippen molar-refractivity contribution in [3.8, 4) is 39.5 Å². The monoisotopic (exact) mass is 1630 g/mol. The third-order valence-electron chi connectivity index (χ3n) is 18.0. The summed E-state index contributed by atoms with van der Waals surface area (Å²) in [4.78, 5) is 35.0. The molecule has 0 bridgehead atoms. The number of rotatable bonds is 26. The van der Waals surface area contributed by atoms with Gasteiger partial charge in [0.05, 0.1) is 32.5 Å². The maximum atomic E-state index is 15.3. The minimum absolute atomic E-state index is 0. The van der Waals surface area contributed by atoms with Gasteiger partial charge in [-0.3, -0.25) is 14.4 Å². The Balaban J connectivity index is 0.000000244. The molecule has 0 aliphatic carbocycles. The van der Waals surface area contributed by atoms with Crippen LogP contribution in [0.25, 0.3) is 55.0 Å². The molecule has 113 heavy (non-hydrogen) atoms. The largest absolute Gasteiger partial charge is 1.00 e. The molecule has 0 saturated heterocycles. The van der Waals surface area contributed by atoms with E-state index >= 15 is 8.78 Å². The Labute approximate surface area is 678 Å². The molecule has 0 spiro atoms. The summed E-state index contributed by atoms with van der Waals surface area (Å²) in [6.45, 7) is 17.3. The summed E-state index contributed by atoms with van der Waals surface area (Å²) < 4.78 is 120. The van der Waals surface area contributed by atoms with Crippen LogP contribution in [0.4, 0.5) is 26.3 Å². The molecule has 0 saturated carbocycles. The molecule has 592 valence electrons. The van der Waals surface area contributed by atoms with Gasteiger partial charge in [0.2, 0.25) is 0 Å². The van der Waals surface area contributed by atoms with Crippen LogP contribution in [0.1, 0.15) is 124 Å². The number of nitrogens with two attached hydrogens (primary N) is 3. The van der Waals surface area contributed by atoms with Gasteiger partial charge in [-0.25, -0.2) is 26.3 Å². The van der Waals surface area contributed by atoms with Crippen LogP contribution in [-0.2, 0) is 82.6 Å². The molecule has 0 aliphatic rings. The van der Waals surface area contributed by atoms with E-state index in [2.05, 4.69) is 89.5 Å². The van der Waals surface area contributed by atoms with Crippen molar-refractivity contribution in [3.63, 3.8) is 0 Å². The average Bonchev–Trinajstić information content (AvgIpc) is 1.67. The van der Waals surface area contributed by atoms with E-state index < -0.39 is 48.3 Å². The Morgan fingerprint density at radius 1 is 0.442 bits per heavy atom. The van der Waals surface area contributed by atoms with Gasteiger partial charge in [-0.1, -0.05) is 70.5 Å². The number of carbonyl (C=O) groups is 3. The quantitative estimate of drug-likeness (QED) is 0.0167. The molecule has 0 amide bonds. The number of carboxylic acids is 1. The Kier molecular flexibility index (Phi) is 34.9. The molecule has 9 aromatic carbocycles. The zero-order chi connectivity index (χ0) is 79.6. The summed E-state index contributed by atoms with van der Waals surface area (Å²) >= 11 is 3.63. The first-order valence-corrected chi connectivity index (χ1v) is 36.6. The van der Waals surface area contributed by atoms with Gasteiger partial charge in [-0.2, -0.15) is 0 Å². The number of ether oxygens (including phenoxy) is 5. The number of carboxylic acid groups (broad SMARTS) is 1. The first-order chi connectivity index (χ1) is 52.6. The second-order valence-corrected chi connectivity index (χ2v) is 27.5. The third-order valence-corrected chi connectivity index (χ3v) is 18.6. The summed E-state index contributed by atoms with van der Waals surface area (Å²) in [5.41, 5.74) is 26.8.